The first-order chi connectivity index (χ1) is 17.9. The minimum atomic E-state index is -4.30. The molecule has 12 heteroatoms. The maximum absolute atomic E-state index is 15.4. The number of aromatic nitrogens is 3. The van der Waals surface area contributed by atoms with Gasteiger partial charge in [-0.3, -0.25) is 9.40 Å². The van der Waals surface area contributed by atoms with Crippen molar-refractivity contribution >= 4 is 26.8 Å². The van der Waals surface area contributed by atoms with Crippen LogP contribution in [0.5, 0.6) is 17.2 Å². The molecule has 2 aliphatic rings. The van der Waals surface area contributed by atoms with Crippen LogP contribution >= 0.6 is 0 Å². The predicted molar refractivity (Wildman–Crippen MR) is 131 cm³/mol. The Morgan fingerprint density at radius 1 is 1.22 bits per heavy atom. The van der Waals surface area contributed by atoms with Crippen LogP contribution in [0.3, 0.4) is 0 Å². The van der Waals surface area contributed by atoms with Crippen LogP contribution in [0.2, 0.25) is 0 Å². The zero-order valence-corrected chi connectivity index (χ0v) is 21.1. The lowest BCUT2D eigenvalue weighted by Crippen LogP contribution is -2.39. The van der Waals surface area contributed by atoms with Gasteiger partial charge in [0.25, 0.3) is 10.0 Å². The molecular formula is C25H25FN4O6S. The van der Waals surface area contributed by atoms with Gasteiger partial charge in [-0.2, -0.15) is 5.10 Å². The highest BCUT2D eigenvalue weighted by molar-refractivity contribution is 7.93. The predicted octanol–water partition coefficient (Wildman–Crippen LogP) is 4.23. The molecule has 6 rings (SSSR count). The van der Waals surface area contributed by atoms with E-state index < -0.39 is 15.8 Å². The van der Waals surface area contributed by atoms with Crippen LogP contribution in [-0.4, -0.2) is 44.2 Å². The minimum Gasteiger partial charge on any atom is -0.495 e. The number of hydrogen-bond donors (Lipinski definition) is 1. The van der Waals surface area contributed by atoms with E-state index in [2.05, 4.69) is 15.0 Å². The summed E-state index contributed by atoms with van der Waals surface area (Å²) in [4.78, 5) is -0.121. The molecular weight excluding hydrogens is 503 g/mol. The van der Waals surface area contributed by atoms with Gasteiger partial charge in [-0.1, -0.05) is 17.6 Å². The first-order valence-electron chi connectivity index (χ1n) is 11.9. The van der Waals surface area contributed by atoms with Crippen molar-refractivity contribution in [2.45, 2.75) is 42.5 Å². The van der Waals surface area contributed by atoms with Gasteiger partial charge < -0.3 is 18.7 Å². The van der Waals surface area contributed by atoms with Crippen molar-refractivity contribution in [1.29, 1.82) is 0 Å². The molecule has 0 saturated heterocycles. The van der Waals surface area contributed by atoms with Crippen molar-refractivity contribution in [3.8, 4) is 17.2 Å². The Balaban J connectivity index is 1.44. The van der Waals surface area contributed by atoms with Crippen molar-refractivity contribution in [3.63, 3.8) is 0 Å². The summed E-state index contributed by atoms with van der Waals surface area (Å²) in [5.74, 6) is -0.644. The van der Waals surface area contributed by atoms with E-state index in [-0.39, 0.29) is 56.5 Å². The highest BCUT2D eigenvalue weighted by Crippen LogP contribution is 2.54. The van der Waals surface area contributed by atoms with Gasteiger partial charge in [-0.25, -0.2) is 12.8 Å². The maximum Gasteiger partial charge on any atom is 0.270 e. The summed E-state index contributed by atoms with van der Waals surface area (Å²) in [7, 11) is -1.61. The van der Waals surface area contributed by atoms with E-state index in [9.17, 15) is 8.42 Å². The van der Waals surface area contributed by atoms with Gasteiger partial charge in [0.2, 0.25) is 0 Å². The van der Waals surface area contributed by atoms with E-state index in [1.54, 1.807) is 29.2 Å². The summed E-state index contributed by atoms with van der Waals surface area (Å²) < 4.78 is 69.1. The van der Waals surface area contributed by atoms with Crippen LogP contribution in [0.4, 0.5) is 10.2 Å². The molecule has 1 saturated carbocycles. The zero-order valence-electron chi connectivity index (χ0n) is 20.3. The number of hydrogen-bond acceptors (Lipinski definition) is 8. The maximum atomic E-state index is 15.4. The molecule has 2 aromatic carbocycles. The van der Waals surface area contributed by atoms with Gasteiger partial charge in [0.1, 0.15) is 16.9 Å². The summed E-state index contributed by atoms with van der Waals surface area (Å²) in [6.07, 6.45) is 7.17. The Kier molecular flexibility index (Phi) is 5.51. The molecule has 2 aromatic heterocycles. The Hall–Kier alpha value is -3.80. The van der Waals surface area contributed by atoms with Gasteiger partial charge in [0.05, 0.1) is 27.4 Å². The number of sulfonamides is 1. The lowest BCUT2D eigenvalue weighted by atomic mass is 9.62. The molecule has 4 aromatic rings. The molecule has 0 amide bonds. The molecule has 0 atom stereocenters. The smallest absolute Gasteiger partial charge is 0.270 e. The lowest BCUT2D eigenvalue weighted by molar-refractivity contribution is 0.139. The Morgan fingerprint density at radius 3 is 2.73 bits per heavy atom. The summed E-state index contributed by atoms with van der Waals surface area (Å²) >= 11 is 0. The number of fused-ring (bicyclic) bond motifs is 3. The third-order valence-electron chi connectivity index (χ3n) is 7.33. The molecule has 37 heavy (non-hydrogen) atoms. The summed E-state index contributed by atoms with van der Waals surface area (Å²) in [6, 6.07) is 6.71. The third kappa shape index (κ3) is 3.69. The number of ether oxygens (including phenoxy) is 3. The average molecular weight is 529 g/mol. The third-order valence-corrected chi connectivity index (χ3v) is 8.72. The van der Waals surface area contributed by atoms with Crippen molar-refractivity contribution in [2.75, 3.05) is 25.5 Å². The highest BCUT2D eigenvalue weighted by atomic mass is 32.2. The van der Waals surface area contributed by atoms with Crippen LogP contribution in [-0.2, 0) is 22.0 Å². The fourth-order valence-electron chi connectivity index (χ4n) is 5.35. The van der Waals surface area contributed by atoms with Crippen LogP contribution < -0.4 is 18.9 Å². The number of halogens is 1. The summed E-state index contributed by atoms with van der Waals surface area (Å²) in [5.41, 5.74) is 1.19. The fourth-order valence-corrected chi connectivity index (χ4v) is 6.67. The van der Waals surface area contributed by atoms with Gasteiger partial charge in [0.15, 0.2) is 27.9 Å². The topological polar surface area (TPSA) is 118 Å². The molecule has 0 unspecified atom stereocenters. The van der Waals surface area contributed by atoms with Crippen molar-refractivity contribution < 1.29 is 31.5 Å². The van der Waals surface area contributed by atoms with E-state index in [4.69, 9.17) is 18.7 Å². The minimum absolute atomic E-state index is 0.0629. The molecule has 1 aliphatic carbocycles. The Labute approximate surface area is 212 Å². The SMILES string of the molecule is COc1ccc2c(c1S(=O)(=O)Nc1noc3cc(Cn4cccn4)c(F)c(OC)c13)OCCC21CCC1. The zero-order chi connectivity index (χ0) is 25.8. The van der Waals surface area contributed by atoms with Crippen LogP contribution in [0, 0.1) is 5.82 Å². The van der Waals surface area contributed by atoms with Crippen LogP contribution in [0.15, 0.2) is 46.1 Å². The van der Waals surface area contributed by atoms with Crippen molar-refractivity contribution in [1.82, 2.24) is 14.9 Å². The molecule has 1 N–H and O–H groups in total. The van der Waals surface area contributed by atoms with Gasteiger partial charge in [-0.05, 0) is 37.5 Å². The van der Waals surface area contributed by atoms with Crippen molar-refractivity contribution in [3.05, 3.63) is 53.6 Å². The van der Waals surface area contributed by atoms with E-state index in [1.807, 2.05) is 6.07 Å². The Bertz CT molecular complexity index is 1600. The van der Waals surface area contributed by atoms with Crippen molar-refractivity contribution in [2.24, 2.45) is 0 Å². The molecule has 1 aliphatic heterocycles. The number of benzene rings is 2. The second-order valence-corrected chi connectivity index (χ2v) is 10.9. The molecule has 1 fully saturated rings. The van der Waals surface area contributed by atoms with Gasteiger partial charge in [0, 0.05) is 28.9 Å². The monoisotopic (exact) mass is 528 g/mol. The molecule has 10 nitrogen and oxygen atoms in total. The summed E-state index contributed by atoms with van der Waals surface area (Å²) in [5, 5.41) is 8.06. The lowest BCUT2D eigenvalue weighted by Gasteiger charge is -2.46. The molecule has 3 heterocycles. The molecule has 194 valence electrons. The van der Waals surface area contributed by atoms with E-state index in [0.29, 0.717) is 6.61 Å². The van der Waals surface area contributed by atoms with E-state index >= 15 is 4.39 Å². The number of anilines is 1. The standard InChI is InChI=1S/C25H25FN4O6S/c1-33-17-6-5-16-21(35-12-9-25(16)7-3-8-25)23(17)37(31,32)29-24-19-18(36-28-24)13-15(20(26)22(19)34-2)14-30-11-4-10-27-30/h4-6,10-11,13H,3,7-9,12,14H2,1-2H3,(H,28,29). The fraction of sp³-hybridized carbons (Fsp3) is 0.360. The molecule has 0 radical (unpaired) electrons. The van der Waals surface area contributed by atoms with Crippen LogP contribution in [0.1, 0.15) is 36.8 Å². The second-order valence-electron chi connectivity index (χ2n) is 9.30. The number of methoxy groups -OCH3 is 2. The van der Waals surface area contributed by atoms with Gasteiger partial charge in [-0.15, -0.1) is 0 Å². The summed E-state index contributed by atoms with van der Waals surface area (Å²) in [6.45, 7) is 0.535. The van der Waals surface area contributed by atoms with E-state index in [0.717, 1.165) is 31.2 Å². The number of rotatable bonds is 7. The highest BCUT2D eigenvalue weighted by Gasteiger charge is 2.45. The largest absolute Gasteiger partial charge is 0.495 e. The quantitative estimate of drug-likeness (QED) is 0.379. The average Bonchev–Trinajstić information content (AvgIpc) is 3.52. The van der Waals surface area contributed by atoms with Gasteiger partial charge >= 0.3 is 0 Å². The molecule has 0 bridgehead atoms. The Morgan fingerprint density at radius 2 is 2.05 bits per heavy atom. The second kappa shape index (κ2) is 8.65. The normalized spacial score (nSPS) is 16.2. The van der Waals surface area contributed by atoms with Crippen LogP contribution in [0.25, 0.3) is 11.0 Å². The molecule has 1 spiro atoms. The number of nitrogens with one attached hydrogen (secondary N) is 1. The first-order valence-corrected chi connectivity index (χ1v) is 13.3. The van der Waals surface area contributed by atoms with E-state index in [1.165, 1.54) is 20.3 Å². The number of nitrogens with zero attached hydrogens (tertiary/aromatic N) is 3. The first kappa shape index (κ1) is 23.6.